The van der Waals surface area contributed by atoms with Gasteiger partial charge in [-0.25, -0.2) is 0 Å². The molecule has 28 heavy (non-hydrogen) atoms. The lowest BCUT2D eigenvalue weighted by molar-refractivity contribution is -0.118. The lowest BCUT2D eigenvalue weighted by Crippen LogP contribution is -2.32. The van der Waals surface area contributed by atoms with Crippen molar-refractivity contribution < 1.29 is 14.3 Å². The number of hydrogen-bond acceptors (Lipinski definition) is 3. The number of ether oxygens (including phenoxy) is 1. The van der Waals surface area contributed by atoms with Crippen LogP contribution in [0.4, 0.5) is 5.69 Å². The van der Waals surface area contributed by atoms with Crippen molar-refractivity contribution in [2.24, 2.45) is 0 Å². The maximum absolute atomic E-state index is 12.7. The Labute approximate surface area is 167 Å². The first-order valence-corrected chi connectivity index (χ1v) is 9.83. The topological polar surface area (TPSA) is 58.6 Å². The largest absolute Gasteiger partial charge is 0.484 e. The fourth-order valence-electron chi connectivity index (χ4n) is 3.13. The van der Waals surface area contributed by atoms with Crippen molar-refractivity contribution in [2.45, 2.75) is 40.5 Å². The molecule has 0 aliphatic carbocycles. The highest BCUT2D eigenvalue weighted by molar-refractivity contribution is 5.97. The van der Waals surface area contributed by atoms with Crippen LogP contribution in [-0.2, 0) is 4.79 Å². The van der Waals surface area contributed by atoms with Gasteiger partial charge in [-0.1, -0.05) is 26.0 Å². The Morgan fingerprint density at radius 3 is 2.21 bits per heavy atom. The third-order valence-electron chi connectivity index (χ3n) is 4.23. The van der Waals surface area contributed by atoms with Gasteiger partial charge in [0.25, 0.3) is 11.8 Å². The Bertz CT molecular complexity index is 791. The van der Waals surface area contributed by atoms with Crippen molar-refractivity contribution in [3.05, 3.63) is 59.2 Å². The van der Waals surface area contributed by atoms with Crippen molar-refractivity contribution in [1.82, 2.24) is 4.90 Å². The molecule has 0 fully saturated rings. The van der Waals surface area contributed by atoms with E-state index < -0.39 is 0 Å². The van der Waals surface area contributed by atoms with Crippen molar-refractivity contribution in [3.63, 3.8) is 0 Å². The van der Waals surface area contributed by atoms with Crippen molar-refractivity contribution in [1.29, 1.82) is 0 Å². The standard InChI is InChI=1S/C23H30N2O3/c1-5-10-25(11-6-2)23(27)19-8-7-9-20(15-19)24-22(26)16-28-21-13-17(3)12-18(4)14-21/h7-9,12-15H,5-6,10-11,16H2,1-4H3,(H,24,26). The fraction of sp³-hybridized carbons (Fsp3) is 0.391. The second-order valence-electron chi connectivity index (χ2n) is 7.03. The van der Waals surface area contributed by atoms with Gasteiger partial charge in [0, 0.05) is 24.3 Å². The molecule has 2 amide bonds. The quantitative estimate of drug-likeness (QED) is 0.690. The Hall–Kier alpha value is -2.82. The number of carbonyl (C=O) groups is 2. The summed E-state index contributed by atoms with van der Waals surface area (Å²) >= 11 is 0. The molecule has 150 valence electrons. The van der Waals surface area contributed by atoms with Crippen molar-refractivity contribution >= 4 is 17.5 Å². The summed E-state index contributed by atoms with van der Waals surface area (Å²) in [4.78, 5) is 26.8. The average molecular weight is 383 g/mol. The monoisotopic (exact) mass is 382 g/mol. The summed E-state index contributed by atoms with van der Waals surface area (Å²) in [6.45, 7) is 9.47. The van der Waals surface area contributed by atoms with E-state index in [2.05, 4.69) is 25.2 Å². The average Bonchev–Trinajstić information content (AvgIpc) is 2.65. The van der Waals surface area contributed by atoms with Crippen molar-refractivity contribution in [3.8, 4) is 5.75 Å². The molecule has 0 unspecified atom stereocenters. The van der Waals surface area contributed by atoms with E-state index in [1.54, 1.807) is 24.3 Å². The molecule has 2 rings (SSSR count). The van der Waals surface area contributed by atoms with Crippen LogP contribution in [0.5, 0.6) is 5.75 Å². The number of hydrogen-bond donors (Lipinski definition) is 1. The zero-order valence-electron chi connectivity index (χ0n) is 17.2. The Morgan fingerprint density at radius 1 is 0.964 bits per heavy atom. The molecule has 0 aliphatic rings. The number of nitrogens with zero attached hydrogens (tertiary/aromatic N) is 1. The first-order chi connectivity index (χ1) is 13.4. The van der Waals surface area contributed by atoms with Crippen LogP contribution >= 0.6 is 0 Å². The summed E-state index contributed by atoms with van der Waals surface area (Å²) in [5.74, 6) is 0.403. The van der Waals surface area contributed by atoms with Gasteiger partial charge in [0.2, 0.25) is 0 Å². The molecule has 0 saturated heterocycles. The van der Waals surface area contributed by atoms with Crippen LogP contribution < -0.4 is 10.1 Å². The van der Waals surface area contributed by atoms with Crippen LogP contribution in [0.25, 0.3) is 0 Å². The van der Waals surface area contributed by atoms with Gasteiger partial charge >= 0.3 is 0 Å². The minimum absolute atomic E-state index is 0.00807. The highest BCUT2D eigenvalue weighted by Crippen LogP contribution is 2.17. The summed E-state index contributed by atoms with van der Waals surface area (Å²) < 4.78 is 5.59. The third-order valence-corrected chi connectivity index (χ3v) is 4.23. The molecule has 0 aliphatic heterocycles. The van der Waals surface area contributed by atoms with E-state index in [1.807, 2.05) is 30.9 Å². The third kappa shape index (κ3) is 6.41. The van der Waals surface area contributed by atoms with E-state index in [9.17, 15) is 9.59 Å². The fourth-order valence-corrected chi connectivity index (χ4v) is 3.13. The van der Waals surface area contributed by atoms with Crippen LogP contribution in [0.2, 0.25) is 0 Å². The highest BCUT2D eigenvalue weighted by atomic mass is 16.5. The molecular weight excluding hydrogens is 352 g/mol. The molecule has 0 saturated carbocycles. The van der Waals surface area contributed by atoms with E-state index in [4.69, 9.17) is 4.74 Å². The zero-order valence-corrected chi connectivity index (χ0v) is 17.2. The van der Waals surface area contributed by atoms with Gasteiger partial charge in [0.1, 0.15) is 5.75 Å². The molecule has 2 aromatic rings. The van der Waals surface area contributed by atoms with Crippen LogP contribution in [0, 0.1) is 13.8 Å². The number of benzene rings is 2. The molecule has 0 heterocycles. The van der Waals surface area contributed by atoms with E-state index in [0.29, 0.717) is 17.0 Å². The molecule has 0 spiro atoms. The summed E-state index contributed by atoms with van der Waals surface area (Å²) in [5.41, 5.74) is 3.35. The van der Waals surface area contributed by atoms with Gasteiger partial charge in [-0.05, 0) is 68.1 Å². The van der Waals surface area contributed by atoms with Crippen LogP contribution in [-0.4, -0.2) is 36.4 Å². The molecular formula is C23H30N2O3. The van der Waals surface area contributed by atoms with Gasteiger partial charge in [-0.15, -0.1) is 0 Å². The second kappa shape index (κ2) is 10.5. The highest BCUT2D eigenvalue weighted by Gasteiger charge is 2.15. The molecule has 0 bridgehead atoms. The first-order valence-electron chi connectivity index (χ1n) is 9.83. The van der Waals surface area contributed by atoms with E-state index in [0.717, 1.165) is 37.1 Å². The zero-order chi connectivity index (χ0) is 20.5. The lowest BCUT2D eigenvalue weighted by Gasteiger charge is -2.21. The van der Waals surface area contributed by atoms with Gasteiger partial charge in [0.15, 0.2) is 6.61 Å². The van der Waals surface area contributed by atoms with Gasteiger partial charge in [-0.3, -0.25) is 9.59 Å². The van der Waals surface area contributed by atoms with Crippen molar-refractivity contribution in [2.75, 3.05) is 25.0 Å². The van der Waals surface area contributed by atoms with Crippen LogP contribution in [0.1, 0.15) is 48.2 Å². The van der Waals surface area contributed by atoms with Gasteiger partial charge < -0.3 is 15.0 Å². The van der Waals surface area contributed by atoms with Crippen LogP contribution in [0.15, 0.2) is 42.5 Å². The van der Waals surface area contributed by atoms with E-state index in [1.165, 1.54) is 0 Å². The number of rotatable bonds is 9. The maximum atomic E-state index is 12.7. The molecule has 0 radical (unpaired) electrons. The molecule has 1 N–H and O–H groups in total. The normalized spacial score (nSPS) is 10.4. The number of carbonyl (C=O) groups excluding carboxylic acids is 2. The van der Waals surface area contributed by atoms with Gasteiger partial charge in [-0.2, -0.15) is 0 Å². The first kappa shape index (κ1) is 21.5. The summed E-state index contributed by atoms with van der Waals surface area (Å²) in [5, 5.41) is 2.80. The Kier molecular flexibility index (Phi) is 8.05. The number of aryl methyl sites for hydroxylation is 2. The van der Waals surface area contributed by atoms with Crippen LogP contribution in [0.3, 0.4) is 0 Å². The summed E-state index contributed by atoms with van der Waals surface area (Å²) in [7, 11) is 0. The number of anilines is 1. The lowest BCUT2D eigenvalue weighted by atomic mass is 10.1. The molecule has 5 nitrogen and oxygen atoms in total. The molecule has 5 heteroatoms. The SMILES string of the molecule is CCCN(CCC)C(=O)c1cccc(NC(=O)COc2cc(C)cc(C)c2)c1. The Morgan fingerprint density at radius 2 is 1.61 bits per heavy atom. The minimum Gasteiger partial charge on any atom is -0.484 e. The van der Waals surface area contributed by atoms with E-state index in [-0.39, 0.29) is 18.4 Å². The number of amides is 2. The molecule has 2 aromatic carbocycles. The maximum Gasteiger partial charge on any atom is 0.262 e. The van der Waals surface area contributed by atoms with E-state index >= 15 is 0 Å². The minimum atomic E-state index is -0.261. The summed E-state index contributed by atoms with van der Waals surface area (Å²) in [6, 6.07) is 12.9. The molecule has 0 aromatic heterocycles. The molecule has 0 atom stereocenters. The number of nitrogens with one attached hydrogen (secondary N) is 1. The predicted molar refractivity (Wildman–Crippen MR) is 113 cm³/mol. The smallest absolute Gasteiger partial charge is 0.262 e. The second-order valence-corrected chi connectivity index (χ2v) is 7.03. The summed E-state index contributed by atoms with van der Waals surface area (Å²) in [6.07, 6.45) is 1.83. The predicted octanol–water partition coefficient (Wildman–Crippen LogP) is 4.58. The Balaban J connectivity index is 1.99. The van der Waals surface area contributed by atoms with Gasteiger partial charge in [0.05, 0.1) is 0 Å².